The number of methoxy groups -OCH3 is 1. The van der Waals surface area contributed by atoms with Crippen LogP contribution in [0.5, 0.6) is 5.75 Å². The lowest BCUT2D eigenvalue weighted by atomic mass is 9.97. The molecule has 1 unspecified atom stereocenters. The Labute approximate surface area is 250 Å². The Morgan fingerprint density at radius 2 is 1.12 bits per heavy atom. The van der Waals surface area contributed by atoms with E-state index in [1.807, 2.05) is 115 Å². The molecule has 0 bridgehead atoms. The fourth-order valence-corrected chi connectivity index (χ4v) is 5.18. The van der Waals surface area contributed by atoms with Crippen LogP contribution in [0.2, 0.25) is 0 Å². The first-order valence-corrected chi connectivity index (χ1v) is 14.5. The van der Waals surface area contributed by atoms with Crippen LogP contribution in [0, 0.1) is 0 Å². The number of hydrogen-bond donors (Lipinski definition) is 0. The quantitative estimate of drug-likeness (QED) is 0.161. The molecule has 1 aliphatic rings. The molecule has 7 heteroatoms. The van der Waals surface area contributed by atoms with Crippen molar-refractivity contribution in [1.82, 2.24) is 0 Å². The summed E-state index contributed by atoms with van der Waals surface area (Å²) in [7, 11) is 1.62. The second-order valence-corrected chi connectivity index (χ2v) is 10.7. The third-order valence-corrected chi connectivity index (χ3v) is 7.38. The highest BCUT2D eigenvalue weighted by molar-refractivity contribution is 9.10. The number of benzene rings is 4. The molecular formula is C34H35BrO6. The van der Waals surface area contributed by atoms with E-state index in [-0.39, 0.29) is 6.61 Å². The average Bonchev–Trinajstić information content (AvgIpc) is 3.02. The minimum atomic E-state index is -0.688. The van der Waals surface area contributed by atoms with E-state index in [1.165, 1.54) is 0 Å². The zero-order chi connectivity index (χ0) is 28.3. The van der Waals surface area contributed by atoms with Gasteiger partial charge < -0.3 is 28.4 Å². The molecule has 1 heterocycles. The first-order chi connectivity index (χ1) is 20.2. The maximum Gasteiger partial charge on any atom is 0.186 e. The third-order valence-electron chi connectivity index (χ3n) is 6.89. The number of ether oxygens (including phenoxy) is 6. The van der Waals surface area contributed by atoms with Crippen LogP contribution in [-0.4, -0.2) is 44.4 Å². The molecule has 0 aromatic heterocycles. The van der Waals surface area contributed by atoms with Crippen LogP contribution in [0.3, 0.4) is 0 Å². The Hall–Kier alpha value is -3.04. The van der Waals surface area contributed by atoms with Crippen LogP contribution < -0.4 is 4.74 Å². The van der Waals surface area contributed by atoms with E-state index in [2.05, 4.69) is 15.9 Å². The molecular weight excluding hydrogens is 584 g/mol. The fourth-order valence-electron chi connectivity index (χ4n) is 4.80. The maximum absolute atomic E-state index is 6.63. The van der Waals surface area contributed by atoms with Crippen molar-refractivity contribution in [2.45, 2.75) is 50.5 Å². The van der Waals surface area contributed by atoms with Crippen molar-refractivity contribution in [2.24, 2.45) is 0 Å². The molecule has 5 rings (SSSR count). The molecule has 0 aliphatic carbocycles. The van der Waals surface area contributed by atoms with Crippen LogP contribution in [0.15, 0.2) is 120 Å². The molecule has 0 saturated carbocycles. The van der Waals surface area contributed by atoms with Gasteiger partial charge in [-0.05, 0) is 34.9 Å². The zero-order valence-electron chi connectivity index (χ0n) is 23.0. The Morgan fingerprint density at radius 1 is 0.610 bits per heavy atom. The maximum atomic E-state index is 6.63. The smallest absolute Gasteiger partial charge is 0.186 e. The molecule has 1 aliphatic heterocycles. The highest BCUT2D eigenvalue weighted by atomic mass is 79.9. The zero-order valence-corrected chi connectivity index (χ0v) is 24.6. The monoisotopic (exact) mass is 618 g/mol. The van der Waals surface area contributed by atoms with Gasteiger partial charge in [-0.3, -0.25) is 0 Å². The van der Waals surface area contributed by atoms with E-state index in [0.29, 0.717) is 19.8 Å². The largest absolute Gasteiger partial charge is 0.491 e. The summed E-state index contributed by atoms with van der Waals surface area (Å²) in [4.78, 5) is 0. The Bertz CT molecular complexity index is 1310. The molecule has 41 heavy (non-hydrogen) atoms. The van der Waals surface area contributed by atoms with Gasteiger partial charge >= 0.3 is 0 Å². The Balaban J connectivity index is 1.42. The summed E-state index contributed by atoms with van der Waals surface area (Å²) < 4.78 is 39.2. The molecule has 0 spiro atoms. The Kier molecular flexibility index (Phi) is 11.0. The van der Waals surface area contributed by atoms with Crippen LogP contribution in [-0.2, 0) is 43.5 Å². The SMILES string of the molecule is COC1O[C@H](COc2cccc(Br)c2)[C@@H](OCc2ccccc2)[C@H](OCc2ccccc2)[C@H]1OCc1ccccc1. The molecule has 4 aromatic carbocycles. The third kappa shape index (κ3) is 8.49. The molecule has 6 nitrogen and oxygen atoms in total. The normalized spacial score (nSPS) is 22.3. The van der Waals surface area contributed by atoms with Crippen LogP contribution in [0.1, 0.15) is 16.7 Å². The molecule has 214 valence electrons. The molecule has 1 fully saturated rings. The second kappa shape index (κ2) is 15.3. The summed E-state index contributed by atoms with van der Waals surface area (Å²) in [5, 5.41) is 0. The van der Waals surface area contributed by atoms with Gasteiger partial charge in [-0.2, -0.15) is 0 Å². The Morgan fingerprint density at radius 3 is 1.63 bits per heavy atom. The van der Waals surface area contributed by atoms with E-state index in [4.69, 9.17) is 28.4 Å². The molecule has 1 saturated heterocycles. The highest BCUT2D eigenvalue weighted by Crippen LogP contribution is 2.31. The number of rotatable bonds is 13. The van der Waals surface area contributed by atoms with Gasteiger partial charge in [0.1, 0.15) is 36.8 Å². The lowest BCUT2D eigenvalue weighted by molar-refractivity contribution is -0.320. The topological polar surface area (TPSA) is 55.4 Å². The van der Waals surface area contributed by atoms with Crippen LogP contribution >= 0.6 is 15.9 Å². The van der Waals surface area contributed by atoms with E-state index < -0.39 is 30.7 Å². The summed E-state index contributed by atoms with van der Waals surface area (Å²) in [6, 6.07) is 37.9. The van der Waals surface area contributed by atoms with Gasteiger partial charge in [0.25, 0.3) is 0 Å². The minimum absolute atomic E-state index is 0.242. The van der Waals surface area contributed by atoms with Gasteiger partial charge in [-0.25, -0.2) is 0 Å². The first kappa shape index (κ1) is 29.5. The summed E-state index contributed by atoms with van der Waals surface area (Å²) in [6.07, 6.45) is -2.73. The summed E-state index contributed by atoms with van der Waals surface area (Å²) in [5.41, 5.74) is 3.15. The standard InChI is InChI=1S/C34H35BrO6/c1-36-34-33(40-23-27-16-9-4-10-17-27)32(39-22-26-14-7-3-8-15-26)31(38-21-25-12-5-2-6-13-25)30(41-34)24-37-29-19-11-18-28(35)20-29/h2-20,30-34H,21-24H2,1H3/t30-,31-,32+,33-,34?/m1/s1. The molecule has 4 aromatic rings. The lowest BCUT2D eigenvalue weighted by Gasteiger charge is -2.45. The summed E-state index contributed by atoms with van der Waals surface area (Å²) in [6.45, 7) is 1.39. The van der Waals surface area contributed by atoms with Gasteiger partial charge in [-0.1, -0.05) is 113 Å². The van der Waals surface area contributed by atoms with Crippen LogP contribution in [0.4, 0.5) is 0 Å². The van der Waals surface area contributed by atoms with Crippen molar-refractivity contribution >= 4 is 15.9 Å². The summed E-state index contributed by atoms with van der Waals surface area (Å²) in [5.74, 6) is 0.725. The highest BCUT2D eigenvalue weighted by Gasteiger charge is 2.49. The molecule has 0 N–H and O–H groups in total. The summed E-state index contributed by atoms with van der Waals surface area (Å²) >= 11 is 3.52. The fraction of sp³-hybridized carbons (Fsp3) is 0.294. The molecule has 5 atom stereocenters. The van der Waals surface area contributed by atoms with Crippen molar-refractivity contribution in [3.8, 4) is 5.75 Å². The number of halogens is 1. The van der Waals surface area contributed by atoms with E-state index in [9.17, 15) is 0 Å². The van der Waals surface area contributed by atoms with Crippen molar-refractivity contribution in [2.75, 3.05) is 13.7 Å². The predicted octanol–water partition coefficient (Wildman–Crippen LogP) is 6.96. The van der Waals surface area contributed by atoms with Gasteiger partial charge in [0.05, 0.1) is 19.8 Å². The second-order valence-electron chi connectivity index (χ2n) is 9.83. The van der Waals surface area contributed by atoms with Gasteiger partial charge in [0.2, 0.25) is 0 Å². The van der Waals surface area contributed by atoms with Gasteiger partial charge in [0, 0.05) is 11.6 Å². The van der Waals surface area contributed by atoms with Gasteiger partial charge in [0.15, 0.2) is 6.29 Å². The van der Waals surface area contributed by atoms with Gasteiger partial charge in [-0.15, -0.1) is 0 Å². The van der Waals surface area contributed by atoms with Crippen molar-refractivity contribution in [3.05, 3.63) is 136 Å². The number of hydrogen-bond acceptors (Lipinski definition) is 6. The first-order valence-electron chi connectivity index (χ1n) is 13.7. The van der Waals surface area contributed by atoms with Crippen molar-refractivity contribution < 1.29 is 28.4 Å². The van der Waals surface area contributed by atoms with E-state index in [0.717, 1.165) is 26.9 Å². The van der Waals surface area contributed by atoms with E-state index >= 15 is 0 Å². The average molecular weight is 620 g/mol. The predicted molar refractivity (Wildman–Crippen MR) is 160 cm³/mol. The van der Waals surface area contributed by atoms with E-state index in [1.54, 1.807) is 7.11 Å². The van der Waals surface area contributed by atoms with Crippen molar-refractivity contribution in [1.29, 1.82) is 0 Å². The molecule has 0 radical (unpaired) electrons. The minimum Gasteiger partial charge on any atom is -0.491 e. The van der Waals surface area contributed by atoms with Crippen LogP contribution in [0.25, 0.3) is 0 Å². The lowest BCUT2D eigenvalue weighted by Crippen LogP contribution is -2.61. The van der Waals surface area contributed by atoms with Crippen molar-refractivity contribution in [3.63, 3.8) is 0 Å². The molecule has 0 amide bonds.